The third-order valence-corrected chi connectivity index (χ3v) is 7.28. The third kappa shape index (κ3) is 6.84. The van der Waals surface area contributed by atoms with E-state index in [0.717, 1.165) is 49.9 Å². The molecule has 3 aromatic heterocycles. The largest absolute Gasteiger partial charge is 0.500 e. The second-order valence-corrected chi connectivity index (χ2v) is 10.2. The Morgan fingerprint density at radius 3 is 2.16 bits per heavy atom. The van der Waals surface area contributed by atoms with E-state index in [1.807, 2.05) is 146 Å². The fourth-order valence-corrected chi connectivity index (χ4v) is 5.12. The summed E-state index contributed by atoms with van der Waals surface area (Å²) in [6, 6.07) is 52.9. The summed E-state index contributed by atoms with van der Waals surface area (Å²) in [6.07, 6.45) is 1.85. The summed E-state index contributed by atoms with van der Waals surface area (Å²) >= 11 is 0. The molecule has 0 fully saturated rings. The van der Waals surface area contributed by atoms with E-state index in [-0.39, 0.29) is 20.1 Å². The number of pyridine rings is 2. The Hall–Kier alpha value is -5.15. The van der Waals surface area contributed by atoms with Gasteiger partial charge in [-0.1, -0.05) is 102 Å². The molecule has 0 N–H and O–H groups in total. The van der Waals surface area contributed by atoms with Crippen LogP contribution in [-0.4, -0.2) is 9.97 Å². The molecule has 0 aliphatic heterocycles. The van der Waals surface area contributed by atoms with Gasteiger partial charge in [-0.15, -0.1) is 59.7 Å². The number of hydrogen-bond donors (Lipinski definition) is 0. The van der Waals surface area contributed by atoms with Gasteiger partial charge in [0.05, 0.1) is 5.58 Å². The summed E-state index contributed by atoms with van der Waals surface area (Å²) in [7, 11) is 0. The SMILES string of the molecule is [2H]C([2H])(c1ccccc1)c1cc(-c2[c-]cc3oc4ccccc4c3c2)ncc1-c1ccccc1.[Ir].[c-]1ccccc1-c1ccccn1. The van der Waals surface area contributed by atoms with Crippen molar-refractivity contribution in [1.82, 2.24) is 9.97 Å². The number of hydrogen-bond acceptors (Lipinski definition) is 3. The van der Waals surface area contributed by atoms with Crippen molar-refractivity contribution in [2.24, 2.45) is 0 Å². The number of nitrogens with zero attached hydrogens (tertiary/aromatic N) is 2. The van der Waals surface area contributed by atoms with Gasteiger partial charge in [0, 0.05) is 46.2 Å². The number of benzene rings is 5. The maximum atomic E-state index is 9.09. The minimum absolute atomic E-state index is 0. The maximum Gasteiger partial charge on any atom is 0.120 e. The van der Waals surface area contributed by atoms with E-state index >= 15 is 0 Å². The number of para-hydroxylation sites is 1. The van der Waals surface area contributed by atoms with Gasteiger partial charge in [0.15, 0.2) is 0 Å². The molecular formula is C41H28IrN2O-2. The van der Waals surface area contributed by atoms with Crippen molar-refractivity contribution in [3.8, 4) is 33.6 Å². The second kappa shape index (κ2) is 14.1. The first-order valence-corrected chi connectivity index (χ1v) is 14.4. The molecule has 0 atom stereocenters. The smallest absolute Gasteiger partial charge is 0.120 e. The van der Waals surface area contributed by atoms with Crippen LogP contribution in [0, 0.1) is 12.1 Å². The second-order valence-electron chi connectivity index (χ2n) is 10.2. The molecule has 0 aliphatic rings. The average Bonchev–Trinajstić information content (AvgIpc) is 3.51. The number of furan rings is 1. The van der Waals surface area contributed by atoms with Gasteiger partial charge in [0.2, 0.25) is 0 Å². The molecule has 45 heavy (non-hydrogen) atoms. The monoisotopic (exact) mass is 759 g/mol. The normalized spacial score (nSPS) is 11.6. The number of aromatic nitrogens is 2. The van der Waals surface area contributed by atoms with Gasteiger partial charge in [0.25, 0.3) is 0 Å². The molecule has 8 aromatic rings. The molecule has 0 unspecified atom stereocenters. The minimum atomic E-state index is -1.71. The molecule has 4 heteroatoms. The van der Waals surface area contributed by atoms with Crippen molar-refractivity contribution >= 4 is 21.9 Å². The minimum Gasteiger partial charge on any atom is -0.500 e. The topological polar surface area (TPSA) is 38.9 Å². The first-order valence-electron chi connectivity index (χ1n) is 15.4. The van der Waals surface area contributed by atoms with Gasteiger partial charge in [-0.25, -0.2) is 0 Å². The molecule has 0 spiro atoms. The number of rotatable bonds is 5. The van der Waals surface area contributed by atoms with E-state index in [0.29, 0.717) is 16.8 Å². The molecule has 3 nitrogen and oxygen atoms in total. The first kappa shape index (κ1) is 27.4. The molecule has 0 amide bonds. The molecule has 1 radical (unpaired) electrons. The maximum absolute atomic E-state index is 9.09. The fourth-order valence-electron chi connectivity index (χ4n) is 5.12. The summed E-state index contributed by atoms with van der Waals surface area (Å²) in [5.41, 5.74) is 7.94. The van der Waals surface area contributed by atoms with Crippen LogP contribution in [0.3, 0.4) is 0 Å². The Morgan fingerprint density at radius 2 is 1.38 bits per heavy atom. The summed E-state index contributed by atoms with van der Waals surface area (Å²) in [6.45, 7) is 0. The molecule has 0 bridgehead atoms. The molecule has 8 rings (SSSR count). The first-order chi connectivity index (χ1) is 22.6. The predicted octanol–water partition coefficient (Wildman–Crippen LogP) is 10.3. The van der Waals surface area contributed by atoms with Crippen molar-refractivity contribution in [2.75, 3.05) is 0 Å². The van der Waals surface area contributed by atoms with E-state index < -0.39 is 6.37 Å². The van der Waals surface area contributed by atoms with Crippen molar-refractivity contribution in [1.29, 1.82) is 0 Å². The summed E-state index contributed by atoms with van der Waals surface area (Å²) < 4.78 is 24.1. The van der Waals surface area contributed by atoms with Crippen molar-refractivity contribution in [3.63, 3.8) is 0 Å². The van der Waals surface area contributed by atoms with Crippen molar-refractivity contribution < 1.29 is 27.3 Å². The average molecular weight is 759 g/mol. The fraction of sp³-hybridized carbons (Fsp3) is 0.0244. The van der Waals surface area contributed by atoms with Crippen LogP contribution >= 0.6 is 0 Å². The van der Waals surface area contributed by atoms with E-state index in [2.05, 4.69) is 17.1 Å². The predicted molar refractivity (Wildman–Crippen MR) is 179 cm³/mol. The van der Waals surface area contributed by atoms with Crippen LogP contribution in [0.25, 0.3) is 55.6 Å². The summed E-state index contributed by atoms with van der Waals surface area (Å²) in [4.78, 5) is 8.95. The van der Waals surface area contributed by atoms with Gasteiger partial charge in [-0.2, -0.15) is 0 Å². The molecule has 5 aromatic carbocycles. The van der Waals surface area contributed by atoms with Gasteiger partial charge in [0.1, 0.15) is 5.58 Å². The van der Waals surface area contributed by atoms with Crippen molar-refractivity contribution in [2.45, 2.75) is 6.37 Å². The van der Waals surface area contributed by atoms with Crippen molar-refractivity contribution in [3.05, 3.63) is 181 Å². The number of fused-ring (bicyclic) bond motifs is 3. The van der Waals surface area contributed by atoms with Crippen LogP contribution in [0.5, 0.6) is 0 Å². The standard InChI is InChI=1S/C30H20NO.C11H8N.Ir/c1-3-9-21(10-4-1)17-24-19-28(31-20-27(24)22-11-5-2-6-12-22)23-15-16-30-26(18-23)25-13-7-8-14-29(25)32-30;1-2-6-10(7-3-1)11-8-4-5-9-12-11;/h1-14,16,18-20H,17H2;1-6,8-9H;/q2*-1;/i17D2;;. The van der Waals surface area contributed by atoms with Crippen LogP contribution in [0.4, 0.5) is 0 Å². The Labute approximate surface area is 279 Å². The van der Waals surface area contributed by atoms with Crippen LogP contribution in [0.2, 0.25) is 0 Å². The van der Waals surface area contributed by atoms with E-state index in [1.54, 1.807) is 12.4 Å². The Kier molecular flexibility index (Phi) is 8.58. The zero-order valence-corrected chi connectivity index (χ0v) is 26.5. The third-order valence-electron chi connectivity index (χ3n) is 7.28. The zero-order valence-electron chi connectivity index (χ0n) is 26.1. The molecular weight excluding hydrogens is 729 g/mol. The molecule has 0 saturated carbocycles. The van der Waals surface area contributed by atoms with E-state index in [9.17, 15) is 0 Å². The van der Waals surface area contributed by atoms with Crippen LogP contribution < -0.4 is 0 Å². The van der Waals surface area contributed by atoms with E-state index in [1.165, 1.54) is 0 Å². The Bertz CT molecular complexity index is 2190. The zero-order chi connectivity index (χ0) is 31.3. The van der Waals surface area contributed by atoms with Crippen LogP contribution in [-0.2, 0) is 26.5 Å². The Morgan fingerprint density at radius 1 is 0.622 bits per heavy atom. The summed E-state index contributed by atoms with van der Waals surface area (Å²) in [5, 5.41) is 2.03. The summed E-state index contributed by atoms with van der Waals surface area (Å²) in [5.74, 6) is 0. The van der Waals surface area contributed by atoms with Gasteiger partial charge in [-0.05, 0) is 46.6 Å². The van der Waals surface area contributed by atoms with E-state index in [4.69, 9.17) is 12.1 Å². The molecule has 3 heterocycles. The van der Waals surface area contributed by atoms with Crippen LogP contribution in [0.1, 0.15) is 13.9 Å². The Balaban J connectivity index is 0.000000250. The molecule has 0 saturated heterocycles. The van der Waals surface area contributed by atoms with Crippen LogP contribution in [0.15, 0.2) is 162 Å². The quantitative estimate of drug-likeness (QED) is 0.164. The van der Waals surface area contributed by atoms with Gasteiger partial charge in [-0.3, -0.25) is 0 Å². The van der Waals surface area contributed by atoms with Gasteiger partial charge >= 0.3 is 0 Å². The molecule has 219 valence electrons. The molecule has 0 aliphatic carbocycles. The van der Waals surface area contributed by atoms with Gasteiger partial charge < -0.3 is 14.4 Å².